The van der Waals surface area contributed by atoms with Crippen LogP contribution in [0.15, 0.2) is 24.3 Å². The molecule has 0 aliphatic rings. The number of aryl methyl sites for hydroxylation is 1. The Kier molecular flexibility index (Phi) is 6.14. The zero-order valence-corrected chi connectivity index (χ0v) is 15.5. The fourth-order valence-corrected chi connectivity index (χ4v) is 3.40. The number of hydrogen-bond donors (Lipinski definition) is 2. The van der Waals surface area contributed by atoms with Crippen LogP contribution in [-0.2, 0) is 4.79 Å². The Morgan fingerprint density at radius 2 is 1.92 bits per heavy atom. The summed E-state index contributed by atoms with van der Waals surface area (Å²) < 4.78 is 5.13. The molecule has 2 rings (SSSR count). The molecule has 0 saturated carbocycles. The topological polar surface area (TPSA) is 88.5 Å². The SMILES string of the molecule is COc1ccc(C(C)CC(=O)NC(C)c2nc(C)c(C(=O)O)s2)cc1. The van der Waals surface area contributed by atoms with Crippen LogP contribution in [0.25, 0.3) is 0 Å². The summed E-state index contributed by atoms with van der Waals surface area (Å²) in [4.78, 5) is 27.8. The lowest BCUT2D eigenvalue weighted by molar-refractivity contribution is -0.122. The number of nitrogens with one attached hydrogen (secondary N) is 1. The first kappa shape index (κ1) is 18.9. The lowest BCUT2D eigenvalue weighted by Crippen LogP contribution is -2.27. The maximum absolute atomic E-state index is 12.3. The molecule has 1 amide bonds. The number of rotatable bonds is 7. The van der Waals surface area contributed by atoms with E-state index in [2.05, 4.69) is 10.3 Å². The number of hydrogen-bond acceptors (Lipinski definition) is 5. The average Bonchev–Trinajstić information content (AvgIpc) is 2.97. The first-order valence-corrected chi connectivity index (χ1v) is 8.77. The maximum Gasteiger partial charge on any atom is 0.347 e. The van der Waals surface area contributed by atoms with Crippen molar-refractivity contribution in [2.75, 3.05) is 7.11 Å². The smallest absolute Gasteiger partial charge is 0.347 e. The summed E-state index contributed by atoms with van der Waals surface area (Å²) in [7, 11) is 1.61. The number of carboxylic acids is 1. The van der Waals surface area contributed by atoms with Crippen LogP contribution in [0.1, 0.15) is 58.2 Å². The van der Waals surface area contributed by atoms with Gasteiger partial charge in [-0.05, 0) is 37.5 Å². The van der Waals surface area contributed by atoms with Crippen LogP contribution in [0.2, 0.25) is 0 Å². The maximum atomic E-state index is 12.3. The molecule has 1 aromatic heterocycles. The fraction of sp³-hybridized carbons (Fsp3) is 0.389. The van der Waals surface area contributed by atoms with Gasteiger partial charge < -0.3 is 15.2 Å². The number of ether oxygens (including phenoxy) is 1. The second kappa shape index (κ2) is 8.11. The normalized spacial score (nSPS) is 13.1. The van der Waals surface area contributed by atoms with Gasteiger partial charge in [0.2, 0.25) is 5.91 Å². The molecule has 2 atom stereocenters. The van der Waals surface area contributed by atoms with Crippen LogP contribution in [0, 0.1) is 6.92 Å². The summed E-state index contributed by atoms with van der Waals surface area (Å²) in [5.41, 5.74) is 1.53. The van der Waals surface area contributed by atoms with E-state index in [1.807, 2.05) is 31.2 Å². The molecule has 6 nitrogen and oxygen atoms in total. The Morgan fingerprint density at radius 1 is 1.28 bits per heavy atom. The molecule has 2 N–H and O–H groups in total. The number of aromatic nitrogens is 1. The van der Waals surface area contributed by atoms with Crippen LogP contribution in [0.3, 0.4) is 0 Å². The number of carbonyl (C=O) groups is 2. The molecule has 134 valence electrons. The van der Waals surface area contributed by atoms with Gasteiger partial charge in [-0.2, -0.15) is 0 Å². The van der Waals surface area contributed by atoms with Crippen LogP contribution in [-0.4, -0.2) is 29.1 Å². The van der Waals surface area contributed by atoms with Gasteiger partial charge in [-0.3, -0.25) is 4.79 Å². The van der Waals surface area contributed by atoms with E-state index in [1.54, 1.807) is 21.0 Å². The second-order valence-electron chi connectivity index (χ2n) is 5.94. The molecule has 0 saturated heterocycles. The van der Waals surface area contributed by atoms with Gasteiger partial charge in [0.1, 0.15) is 15.6 Å². The quantitative estimate of drug-likeness (QED) is 0.786. The van der Waals surface area contributed by atoms with E-state index in [0.29, 0.717) is 17.1 Å². The molecular weight excluding hydrogens is 340 g/mol. The molecule has 0 spiro atoms. The van der Waals surface area contributed by atoms with Crippen molar-refractivity contribution in [3.05, 3.63) is 45.4 Å². The summed E-state index contributed by atoms with van der Waals surface area (Å²) in [5, 5.41) is 12.6. The third kappa shape index (κ3) is 4.79. The number of thiazole rings is 1. The molecule has 2 unspecified atom stereocenters. The third-order valence-corrected chi connectivity index (χ3v) is 5.26. The van der Waals surface area contributed by atoms with Gasteiger partial charge in [-0.1, -0.05) is 19.1 Å². The molecule has 25 heavy (non-hydrogen) atoms. The summed E-state index contributed by atoms with van der Waals surface area (Å²) in [6, 6.07) is 7.32. The number of nitrogens with zero attached hydrogens (tertiary/aromatic N) is 1. The molecule has 1 heterocycles. The highest BCUT2D eigenvalue weighted by Crippen LogP contribution is 2.25. The molecule has 2 aromatic rings. The monoisotopic (exact) mass is 362 g/mol. The number of methoxy groups -OCH3 is 1. The molecule has 0 aliphatic carbocycles. The predicted octanol–water partition coefficient (Wildman–Crippen LogP) is 3.53. The van der Waals surface area contributed by atoms with E-state index >= 15 is 0 Å². The van der Waals surface area contributed by atoms with Gasteiger partial charge in [0, 0.05) is 6.42 Å². The van der Waals surface area contributed by atoms with Crippen molar-refractivity contribution in [1.29, 1.82) is 0 Å². The Balaban J connectivity index is 1.96. The van der Waals surface area contributed by atoms with E-state index in [4.69, 9.17) is 9.84 Å². The van der Waals surface area contributed by atoms with Crippen LogP contribution < -0.4 is 10.1 Å². The highest BCUT2D eigenvalue weighted by molar-refractivity contribution is 7.13. The van der Waals surface area contributed by atoms with Crippen molar-refractivity contribution in [1.82, 2.24) is 10.3 Å². The average molecular weight is 362 g/mol. The van der Waals surface area contributed by atoms with Crippen LogP contribution in [0.5, 0.6) is 5.75 Å². The van der Waals surface area contributed by atoms with Crippen molar-refractivity contribution in [2.24, 2.45) is 0 Å². The summed E-state index contributed by atoms with van der Waals surface area (Å²) in [6.07, 6.45) is 0.340. The number of benzene rings is 1. The van der Waals surface area contributed by atoms with Gasteiger partial charge in [0.25, 0.3) is 0 Å². The summed E-state index contributed by atoms with van der Waals surface area (Å²) in [5.74, 6) is -0.249. The molecule has 0 aliphatic heterocycles. The number of amides is 1. The van der Waals surface area contributed by atoms with Gasteiger partial charge in [0.05, 0.1) is 18.8 Å². The Bertz CT molecular complexity index is 755. The van der Waals surface area contributed by atoms with Gasteiger partial charge in [-0.25, -0.2) is 9.78 Å². The Labute approximate surface area is 150 Å². The molecule has 7 heteroatoms. The minimum absolute atomic E-state index is 0.0608. The molecular formula is C18H22N2O4S. The van der Waals surface area contributed by atoms with Gasteiger partial charge in [-0.15, -0.1) is 11.3 Å². The lowest BCUT2D eigenvalue weighted by atomic mass is 9.97. The van der Waals surface area contributed by atoms with Crippen LogP contribution in [0.4, 0.5) is 0 Å². The van der Waals surface area contributed by atoms with Crippen molar-refractivity contribution in [3.8, 4) is 5.75 Å². The molecule has 1 aromatic carbocycles. The van der Waals surface area contributed by atoms with Crippen molar-refractivity contribution in [2.45, 2.75) is 39.2 Å². The number of carboxylic acid groups (broad SMARTS) is 1. The van der Waals surface area contributed by atoms with Gasteiger partial charge >= 0.3 is 5.97 Å². The molecule has 0 fully saturated rings. The molecule has 0 bridgehead atoms. The van der Waals surface area contributed by atoms with Crippen molar-refractivity contribution in [3.63, 3.8) is 0 Å². The summed E-state index contributed by atoms with van der Waals surface area (Å²) >= 11 is 1.10. The van der Waals surface area contributed by atoms with E-state index in [1.165, 1.54) is 0 Å². The number of aromatic carboxylic acids is 1. The standard InChI is InChI=1S/C18H22N2O4S/c1-10(13-5-7-14(24-4)8-6-13)9-15(21)19-12(3)17-20-11(2)16(25-17)18(22)23/h5-8,10,12H,9H2,1-4H3,(H,19,21)(H,22,23). The third-order valence-electron chi connectivity index (χ3n) is 3.93. The second-order valence-corrected chi connectivity index (χ2v) is 6.97. The highest BCUT2D eigenvalue weighted by Gasteiger charge is 2.20. The first-order valence-electron chi connectivity index (χ1n) is 7.95. The minimum atomic E-state index is -0.993. The predicted molar refractivity (Wildman–Crippen MR) is 96.4 cm³/mol. The van der Waals surface area contributed by atoms with Gasteiger partial charge in [0.15, 0.2) is 0 Å². The largest absolute Gasteiger partial charge is 0.497 e. The zero-order valence-electron chi connectivity index (χ0n) is 14.7. The minimum Gasteiger partial charge on any atom is -0.497 e. The van der Waals surface area contributed by atoms with E-state index in [9.17, 15) is 9.59 Å². The Morgan fingerprint density at radius 3 is 2.44 bits per heavy atom. The highest BCUT2D eigenvalue weighted by atomic mass is 32.1. The zero-order chi connectivity index (χ0) is 18.6. The summed E-state index contributed by atoms with van der Waals surface area (Å²) in [6.45, 7) is 5.45. The lowest BCUT2D eigenvalue weighted by Gasteiger charge is -2.15. The van der Waals surface area contributed by atoms with E-state index < -0.39 is 5.97 Å². The van der Waals surface area contributed by atoms with E-state index in [0.717, 1.165) is 22.6 Å². The fourth-order valence-electron chi connectivity index (χ4n) is 2.49. The Hall–Kier alpha value is -2.41. The first-order chi connectivity index (χ1) is 11.8. The van der Waals surface area contributed by atoms with Crippen LogP contribution >= 0.6 is 11.3 Å². The number of carbonyl (C=O) groups excluding carboxylic acids is 1. The van der Waals surface area contributed by atoms with Crippen molar-refractivity contribution >= 4 is 23.2 Å². The van der Waals surface area contributed by atoms with Crippen molar-refractivity contribution < 1.29 is 19.4 Å². The molecule has 0 radical (unpaired) electrons. The van der Waals surface area contributed by atoms with E-state index in [-0.39, 0.29) is 22.7 Å².